The number of hydrogen-bond acceptors (Lipinski definition) is 7. The highest BCUT2D eigenvalue weighted by atomic mass is 35.5. The molecule has 1 saturated carbocycles. The van der Waals surface area contributed by atoms with Crippen molar-refractivity contribution in [2.75, 3.05) is 12.4 Å². The first-order valence-corrected chi connectivity index (χ1v) is 8.67. The average Bonchev–Trinajstić information content (AvgIpc) is 3.23. The number of nitrogens with zero attached hydrogens (tertiary/aromatic N) is 4. The van der Waals surface area contributed by atoms with Gasteiger partial charge in [0.1, 0.15) is 0 Å². The van der Waals surface area contributed by atoms with Gasteiger partial charge in [0, 0.05) is 5.92 Å². The standard InChI is InChI=1S/C15H12ClN5O3S/c1-24-14(23)8-4-5-9(16)10(6-8)17-12(22)13-20-21-11(7-2-3-7)18-19-15(21)25-13/h4-7H,2-3H2,1H3,(H,17,22). The van der Waals surface area contributed by atoms with E-state index in [4.69, 9.17) is 11.6 Å². The van der Waals surface area contributed by atoms with Crippen LogP contribution in [-0.4, -0.2) is 38.8 Å². The van der Waals surface area contributed by atoms with Gasteiger partial charge in [0.25, 0.3) is 5.91 Å². The maximum absolute atomic E-state index is 12.5. The Morgan fingerprint density at radius 1 is 1.36 bits per heavy atom. The lowest BCUT2D eigenvalue weighted by molar-refractivity contribution is 0.0600. The molecule has 0 spiro atoms. The molecule has 0 radical (unpaired) electrons. The van der Waals surface area contributed by atoms with Gasteiger partial charge in [0.15, 0.2) is 5.82 Å². The molecule has 1 aliphatic carbocycles. The van der Waals surface area contributed by atoms with Gasteiger partial charge in [-0.25, -0.2) is 4.79 Å². The number of carbonyl (C=O) groups excluding carboxylic acids is 2. The molecule has 0 aliphatic heterocycles. The SMILES string of the molecule is COC(=O)c1ccc(Cl)c(NC(=O)c2nn3c(C4CC4)nnc3s2)c1. The highest BCUT2D eigenvalue weighted by Crippen LogP contribution is 2.39. The summed E-state index contributed by atoms with van der Waals surface area (Å²) >= 11 is 7.24. The predicted octanol–water partition coefficient (Wildman–Crippen LogP) is 2.76. The molecule has 1 aromatic carbocycles. The highest BCUT2D eigenvalue weighted by Gasteiger charge is 2.30. The van der Waals surface area contributed by atoms with Crippen molar-refractivity contribution >= 4 is 45.5 Å². The topological polar surface area (TPSA) is 98.5 Å². The van der Waals surface area contributed by atoms with E-state index in [1.165, 1.54) is 25.3 Å². The molecule has 128 valence electrons. The van der Waals surface area contributed by atoms with Crippen LogP contribution in [0.2, 0.25) is 5.02 Å². The van der Waals surface area contributed by atoms with E-state index >= 15 is 0 Å². The Kier molecular flexibility index (Phi) is 3.89. The Bertz CT molecular complexity index is 994. The number of rotatable bonds is 4. The number of anilines is 1. The van der Waals surface area contributed by atoms with Crippen molar-refractivity contribution in [2.24, 2.45) is 0 Å². The number of amides is 1. The zero-order chi connectivity index (χ0) is 17.6. The molecule has 2 aromatic heterocycles. The van der Waals surface area contributed by atoms with Crippen LogP contribution in [0.4, 0.5) is 5.69 Å². The fourth-order valence-corrected chi connectivity index (χ4v) is 3.27. The fraction of sp³-hybridized carbons (Fsp3) is 0.267. The molecule has 0 unspecified atom stereocenters. The first kappa shape index (κ1) is 16.0. The van der Waals surface area contributed by atoms with Crippen LogP contribution in [0, 0.1) is 0 Å². The van der Waals surface area contributed by atoms with Gasteiger partial charge in [-0.2, -0.15) is 4.52 Å². The van der Waals surface area contributed by atoms with Crippen LogP contribution in [0.1, 0.15) is 44.7 Å². The minimum atomic E-state index is -0.514. The van der Waals surface area contributed by atoms with Gasteiger partial charge in [-0.1, -0.05) is 22.9 Å². The summed E-state index contributed by atoms with van der Waals surface area (Å²) in [5, 5.41) is 15.7. The van der Waals surface area contributed by atoms with Crippen molar-refractivity contribution in [3.8, 4) is 0 Å². The number of benzene rings is 1. The third-order valence-corrected chi connectivity index (χ3v) is 5.01. The number of ether oxygens (including phenoxy) is 1. The second kappa shape index (κ2) is 6.08. The Morgan fingerprint density at radius 2 is 2.16 bits per heavy atom. The Hall–Kier alpha value is -2.52. The number of aromatic nitrogens is 4. The molecule has 4 rings (SSSR count). The molecule has 0 atom stereocenters. The molecular formula is C15H12ClN5O3S. The largest absolute Gasteiger partial charge is 0.465 e. The number of nitrogens with one attached hydrogen (secondary N) is 1. The lowest BCUT2D eigenvalue weighted by atomic mass is 10.2. The van der Waals surface area contributed by atoms with Crippen LogP contribution in [0.15, 0.2) is 18.2 Å². The Labute approximate surface area is 150 Å². The van der Waals surface area contributed by atoms with Gasteiger partial charge in [-0.05, 0) is 31.0 Å². The Morgan fingerprint density at radius 3 is 2.88 bits per heavy atom. The van der Waals surface area contributed by atoms with E-state index in [0.29, 0.717) is 21.6 Å². The summed E-state index contributed by atoms with van der Waals surface area (Å²) in [6.07, 6.45) is 2.13. The van der Waals surface area contributed by atoms with E-state index in [-0.39, 0.29) is 10.6 Å². The second-order valence-corrected chi connectivity index (χ2v) is 6.94. The van der Waals surface area contributed by atoms with Crippen molar-refractivity contribution in [3.63, 3.8) is 0 Å². The van der Waals surface area contributed by atoms with Gasteiger partial charge < -0.3 is 10.1 Å². The van der Waals surface area contributed by atoms with E-state index in [1.54, 1.807) is 4.52 Å². The van der Waals surface area contributed by atoms with Crippen molar-refractivity contribution in [2.45, 2.75) is 18.8 Å². The molecule has 1 amide bonds. The summed E-state index contributed by atoms with van der Waals surface area (Å²) in [7, 11) is 1.28. The summed E-state index contributed by atoms with van der Waals surface area (Å²) in [6, 6.07) is 4.50. The zero-order valence-electron chi connectivity index (χ0n) is 13.0. The van der Waals surface area contributed by atoms with Crippen LogP contribution < -0.4 is 5.32 Å². The molecule has 8 nitrogen and oxygen atoms in total. The molecule has 1 fully saturated rings. The summed E-state index contributed by atoms with van der Waals surface area (Å²) in [6.45, 7) is 0. The van der Waals surface area contributed by atoms with Gasteiger partial charge in [0.05, 0.1) is 23.4 Å². The van der Waals surface area contributed by atoms with E-state index < -0.39 is 11.9 Å². The third kappa shape index (κ3) is 2.96. The number of carbonyl (C=O) groups is 2. The van der Waals surface area contributed by atoms with Gasteiger partial charge in [-0.15, -0.1) is 15.3 Å². The number of hydrogen-bond donors (Lipinski definition) is 1. The van der Waals surface area contributed by atoms with Crippen molar-refractivity contribution in [3.05, 3.63) is 39.6 Å². The number of esters is 1. The van der Waals surface area contributed by atoms with E-state index in [9.17, 15) is 9.59 Å². The molecule has 25 heavy (non-hydrogen) atoms. The molecule has 2 heterocycles. The zero-order valence-corrected chi connectivity index (χ0v) is 14.6. The predicted molar refractivity (Wildman–Crippen MR) is 91.4 cm³/mol. The van der Waals surface area contributed by atoms with Gasteiger partial charge in [0.2, 0.25) is 9.97 Å². The number of fused-ring (bicyclic) bond motifs is 1. The van der Waals surface area contributed by atoms with Crippen molar-refractivity contribution in [1.29, 1.82) is 0 Å². The van der Waals surface area contributed by atoms with Gasteiger partial charge >= 0.3 is 5.97 Å². The van der Waals surface area contributed by atoms with Crippen LogP contribution in [0.25, 0.3) is 4.96 Å². The molecular weight excluding hydrogens is 366 g/mol. The minimum Gasteiger partial charge on any atom is -0.465 e. The monoisotopic (exact) mass is 377 g/mol. The molecule has 0 bridgehead atoms. The lowest BCUT2D eigenvalue weighted by Gasteiger charge is -2.07. The van der Waals surface area contributed by atoms with Crippen molar-refractivity contribution < 1.29 is 14.3 Å². The first-order chi connectivity index (χ1) is 12.1. The van der Waals surface area contributed by atoms with E-state index in [0.717, 1.165) is 30.0 Å². The Balaban J connectivity index is 1.60. The molecule has 1 N–H and O–H groups in total. The van der Waals surface area contributed by atoms with Crippen molar-refractivity contribution in [1.82, 2.24) is 19.8 Å². The quantitative estimate of drug-likeness (QED) is 0.702. The molecule has 0 saturated heterocycles. The molecule has 3 aromatic rings. The first-order valence-electron chi connectivity index (χ1n) is 7.48. The summed E-state index contributed by atoms with van der Waals surface area (Å²) in [4.78, 5) is 24.7. The normalized spacial score (nSPS) is 13.8. The van der Waals surface area contributed by atoms with Gasteiger partial charge in [-0.3, -0.25) is 4.79 Å². The summed E-state index contributed by atoms with van der Waals surface area (Å²) in [5.41, 5.74) is 0.597. The van der Waals surface area contributed by atoms with Crippen LogP contribution in [0.3, 0.4) is 0 Å². The minimum absolute atomic E-state index is 0.242. The second-order valence-electron chi connectivity index (χ2n) is 5.57. The molecule has 10 heteroatoms. The third-order valence-electron chi connectivity index (χ3n) is 3.79. The smallest absolute Gasteiger partial charge is 0.337 e. The fourth-order valence-electron chi connectivity index (χ4n) is 2.36. The lowest BCUT2D eigenvalue weighted by Crippen LogP contribution is -2.13. The molecule has 1 aliphatic rings. The summed E-state index contributed by atoms with van der Waals surface area (Å²) < 4.78 is 6.28. The van der Waals surface area contributed by atoms with Crippen LogP contribution >= 0.6 is 22.9 Å². The number of halogens is 1. The van der Waals surface area contributed by atoms with Crippen LogP contribution in [0.5, 0.6) is 0 Å². The maximum atomic E-state index is 12.5. The highest BCUT2D eigenvalue weighted by molar-refractivity contribution is 7.18. The number of methoxy groups -OCH3 is 1. The van der Waals surface area contributed by atoms with E-state index in [2.05, 4.69) is 25.3 Å². The van der Waals surface area contributed by atoms with Crippen LogP contribution in [-0.2, 0) is 4.74 Å². The van der Waals surface area contributed by atoms with E-state index in [1.807, 2.05) is 0 Å². The average molecular weight is 378 g/mol. The maximum Gasteiger partial charge on any atom is 0.337 e. The summed E-state index contributed by atoms with van der Waals surface area (Å²) in [5.74, 6) is 0.219.